The molecule has 0 heterocycles. The van der Waals surface area contributed by atoms with Crippen LogP contribution in [0.25, 0.3) is 0 Å². The van der Waals surface area contributed by atoms with Crippen LogP contribution >= 0.6 is 0 Å². The van der Waals surface area contributed by atoms with Gasteiger partial charge in [-0.25, -0.2) is 9.59 Å². The Hall–Kier alpha value is -3.04. The van der Waals surface area contributed by atoms with Gasteiger partial charge in [0.25, 0.3) is 0 Å². The molecule has 0 bridgehead atoms. The average molecular weight is 424 g/mol. The van der Waals surface area contributed by atoms with Gasteiger partial charge < -0.3 is 29.2 Å². The first-order valence-corrected chi connectivity index (χ1v) is 9.40. The first-order valence-electron chi connectivity index (χ1n) is 9.40. The summed E-state index contributed by atoms with van der Waals surface area (Å²) in [6.45, 7) is 0. The van der Waals surface area contributed by atoms with Gasteiger partial charge in [-0.05, 0) is 12.8 Å². The first-order chi connectivity index (χ1) is 14.2. The molecular formula is C20H24O10. The molecule has 3 rings (SSSR count). The maximum absolute atomic E-state index is 12.8. The Kier molecular flexibility index (Phi) is 5.30. The maximum atomic E-state index is 12.8. The molecule has 0 aliphatic heterocycles. The van der Waals surface area contributed by atoms with Gasteiger partial charge in [-0.1, -0.05) is 12.8 Å². The van der Waals surface area contributed by atoms with Crippen molar-refractivity contribution in [1.29, 1.82) is 0 Å². The van der Waals surface area contributed by atoms with E-state index in [9.17, 15) is 29.4 Å². The van der Waals surface area contributed by atoms with Crippen molar-refractivity contribution in [2.45, 2.75) is 25.7 Å². The molecule has 4 atom stereocenters. The van der Waals surface area contributed by atoms with Crippen LogP contribution in [0.15, 0.2) is 22.7 Å². The van der Waals surface area contributed by atoms with Crippen LogP contribution in [0.4, 0.5) is 0 Å². The van der Waals surface area contributed by atoms with Crippen molar-refractivity contribution >= 4 is 23.9 Å². The van der Waals surface area contributed by atoms with Crippen molar-refractivity contribution in [3.05, 3.63) is 22.7 Å². The summed E-state index contributed by atoms with van der Waals surface area (Å²) in [6.07, 6.45) is 1.22. The summed E-state index contributed by atoms with van der Waals surface area (Å²) in [4.78, 5) is 51.3. The minimum Gasteiger partial charge on any atom is -0.511 e. The largest absolute Gasteiger partial charge is 0.511 e. The van der Waals surface area contributed by atoms with Crippen molar-refractivity contribution in [3.63, 3.8) is 0 Å². The fraction of sp³-hybridized carbons (Fsp3) is 0.600. The van der Waals surface area contributed by atoms with E-state index in [-0.39, 0.29) is 24.0 Å². The molecule has 0 aromatic carbocycles. The van der Waals surface area contributed by atoms with Gasteiger partial charge in [0.1, 0.15) is 23.4 Å². The van der Waals surface area contributed by atoms with E-state index in [4.69, 9.17) is 18.9 Å². The first kappa shape index (κ1) is 21.7. The fourth-order valence-electron chi connectivity index (χ4n) is 5.89. The second-order valence-corrected chi connectivity index (χ2v) is 7.57. The molecule has 0 aromatic rings. The van der Waals surface area contributed by atoms with Gasteiger partial charge in [0.05, 0.1) is 39.6 Å². The molecule has 0 radical (unpaired) electrons. The Labute approximate surface area is 172 Å². The average Bonchev–Trinajstić information content (AvgIpc) is 3.11. The van der Waals surface area contributed by atoms with Gasteiger partial charge in [0.15, 0.2) is 0 Å². The van der Waals surface area contributed by atoms with Gasteiger partial charge >= 0.3 is 23.9 Å². The Morgan fingerprint density at radius 1 is 0.700 bits per heavy atom. The molecule has 10 nitrogen and oxygen atoms in total. The van der Waals surface area contributed by atoms with E-state index in [1.54, 1.807) is 0 Å². The van der Waals surface area contributed by atoms with Crippen molar-refractivity contribution in [1.82, 2.24) is 0 Å². The number of ether oxygens (including phenoxy) is 4. The molecular weight excluding hydrogens is 400 g/mol. The zero-order valence-electron chi connectivity index (χ0n) is 17.1. The summed E-state index contributed by atoms with van der Waals surface area (Å²) in [7, 11) is 4.37. The van der Waals surface area contributed by atoms with E-state index in [0.29, 0.717) is 12.8 Å². The third kappa shape index (κ3) is 2.30. The molecule has 10 heteroatoms. The van der Waals surface area contributed by atoms with E-state index in [1.807, 2.05) is 0 Å². The van der Waals surface area contributed by atoms with Crippen LogP contribution in [-0.4, -0.2) is 62.5 Å². The number of aliphatic hydroxyl groups is 2. The molecule has 1 saturated carbocycles. The molecule has 1 fully saturated rings. The third-order valence-corrected chi connectivity index (χ3v) is 6.78. The summed E-state index contributed by atoms with van der Waals surface area (Å²) < 4.78 is 19.5. The molecule has 2 unspecified atom stereocenters. The monoisotopic (exact) mass is 424 g/mol. The number of rotatable bonds is 4. The number of carbonyl (C=O) groups is 4. The number of hydrogen-bond donors (Lipinski definition) is 2. The molecule has 0 amide bonds. The lowest BCUT2D eigenvalue weighted by Crippen LogP contribution is -2.53. The lowest BCUT2D eigenvalue weighted by Gasteiger charge is -2.49. The SMILES string of the molecule is COC(=O)C1=C(O)C(C(=O)OC)[C@@]23CCCC[C@@]12C(C(=O)OC)C(O)=C3C(=O)OC. The van der Waals surface area contributed by atoms with E-state index in [2.05, 4.69) is 0 Å². The summed E-state index contributed by atoms with van der Waals surface area (Å²) in [5, 5.41) is 22.2. The predicted molar refractivity (Wildman–Crippen MR) is 97.7 cm³/mol. The topological polar surface area (TPSA) is 146 Å². The Balaban J connectivity index is 2.48. The molecule has 30 heavy (non-hydrogen) atoms. The number of carbonyl (C=O) groups excluding carboxylic acids is 4. The highest BCUT2D eigenvalue weighted by molar-refractivity contribution is 6.03. The second-order valence-electron chi connectivity index (χ2n) is 7.57. The Bertz CT molecular complexity index is 812. The molecule has 164 valence electrons. The van der Waals surface area contributed by atoms with Crippen LogP contribution in [0, 0.1) is 22.7 Å². The van der Waals surface area contributed by atoms with Crippen LogP contribution in [0.3, 0.4) is 0 Å². The van der Waals surface area contributed by atoms with E-state index in [1.165, 1.54) is 0 Å². The minimum absolute atomic E-state index is 0.110. The zero-order chi connectivity index (χ0) is 22.4. The van der Waals surface area contributed by atoms with Gasteiger partial charge in [-0.2, -0.15) is 0 Å². The van der Waals surface area contributed by atoms with E-state index in [0.717, 1.165) is 28.4 Å². The van der Waals surface area contributed by atoms with Crippen molar-refractivity contribution < 1.29 is 48.3 Å². The normalized spacial score (nSPS) is 32.3. The molecule has 0 aromatic heterocycles. The number of hydrogen-bond acceptors (Lipinski definition) is 10. The lowest BCUT2D eigenvalue weighted by atomic mass is 9.50. The number of esters is 4. The quantitative estimate of drug-likeness (QED) is 0.497. The molecule has 2 N–H and O–H groups in total. The van der Waals surface area contributed by atoms with Gasteiger partial charge in [0, 0.05) is 10.8 Å². The Morgan fingerprint density at radius 3 is 1.30 bits per heavy atom. The predicted octanol–water partition coefficient (Wildman–Crippen LogP) is 1.11. The highest BCUT2D eigenvalue weighted by Crippen LogP contribution is 2.76. The van der Waals surface area contributed by atoms with Gasteiger partial charge in [-0.15, -0.1) is 0 Å². The second kappa shape index (κ2) is 7.33. The van der Waals surface area contributed by atoms with Gasteiger partial charge in [-0.3, -0.25) is 9.59 Å². The minimum atomic E-state index is -1.64. The fourth-order valence-corrected chi connectivity index (χ4v) is 5.89. The highest BCUT2D eigenvalue weighted by Gasteiger charge is 2.79. The van der Waals surface area contributed by atoms with Crippen LogP contribution in [0.1, 0.15) is 25.7 Å². The summed E-state index contributed by atoms with van der Waals surface area (Å²) in [5.41, 5.74) is -3.94. The molecule has 3 aliphatic rings. The third-order valence-electron chi connectivity index (χ3n) is 6.78. The maximum Gasteiger partial charge on any atom is 0.337 e. The van der Waals surface area contributed by atoms with E-state index >= 15 is 0 Å². The summed E-state index contributed by atoms with van der Waals surface area (Å²) >= 11 is 0. The molecule has 0 saturated heterocycles. The van der Waals surface area contributed by atoms with Gasteiger partial charge in [0.2, 0.25) is 0 Å². The zero-order valence-corrected chi connectivity index (χ0v) is 17.1. The van der Waals surface area contributed by atoms with Crippen molar-refractivity contribution in [3.8, 4) is 0 Å². The number of aliphatic hydroxyl groups excluding tert-OH is 2. The number of methoxy groups -OCH3 is 4. The van der Waals surface area contributed by atoms with Crippen LogP contribution in [-0.2, 0) is 38.1 Å². The van der Waals surface area contributed by atoms with Crippen LogP contribution < -0.4 is 0 Å². The standard InChI is InChI=1S/C20H24O10/c1-27-15(23)9-13(21)10(16(24)28-2)20-8-6-5-7-19(9,20)11(17(25)29-3)14(22)12(20)18(26)30-4/h9,12,21-22H,5-8H2,1-4H3/t9?,12?,19-,20+/m1/s1. The van der Waals surface area contributed by atoms with Crippen LogP contribution in [0.2, 0.25) is 0 Å². The molecule has 3 aliphatic carbocycles. The summed E-state index contributed by atoms with van der Waals surface area (Å²) in [5.74, 6) is -8.09. The smallest absolute Gasteiger partial charge is 0.337 e. The van der Waals surface area contributed by atoms with Crippen molar-refractivity contribution in [2.75, 3.05) is 28.4 Å². The molecule has 0 spiro atoms. The lowest BCUT2D eigenvalue weighted by molar-refractivity contribution is -0.161. The van der Waals surface area contributed by atoms with Crippen LogP contribution in [0.5, 0.6) is 0 Å². The van der Waals surface area contributed by atoms with Crippen molar-refractivity contribution in [2.24, 2.45) is 22.7 Å². The highest BCUT2D eigenvalue weighted by atomic mass is 16.5. The summed E-state index contributed by atoms with van der Waals surface area (Å²) in [6, 6.07) is 0. The van der Waals surface area contributed by atoms with E-state index < -0.39 is 58.1 Å². The Morgan fingerprint density at radius 2 is 1.03 bits per heavy atom.